The molecule has 0 spiro atoms. The maximum atomic E-state index is 11.5. The van der Waals surface area contributed by atoms with E-state index in [0.29, 0.717) is 32.2 Å². The van der Waals surface area contributed by atoms with E-state index in [1.54, 1.807) is 0 Å². The average molecular weight is 241 g/mol. The molecular formula is C10H20NNaO4. The summed E-state index contributed by atoms with van der Waals surface area (Å²) in [5.74, 6) is -0.0460. The quantitative estimate of drug-likeness (QED) is 0.537. The predicted octanol–water partition coefficient (Wildman–Crippen LogP) is -0.373. The summed E-state index contributed by atoms with van der Waals surface area (Å²) in [4.78, 5) is 11.5. The van der Waals surface area contributed by atoms with Crippen molar-refractivity contribution in [1.82, 2.24) is 0 Å². The van der Waals surface area contributed by atoms with E-state index < -0.39 is 18.3 Å². The van der Waals surface area contributed by atoms with E-state index in [-0.39, 0.29) is 29.6 Å². The second-order valence-electron chi connectivity index (χ2n) is 4.05. The van der Waals surface area contributed by atoms with Crippen molar-refractivity contribution in [2.45, 2.75) is 32.6 Å². The molecule has 6 heteroatoms. The number of esters is 1. The summed E-state index contributed by atoms with van der Waals surface area (Å²) in [6.45, 7) is 5.31. The molecule has 0 amide bonds. The molecule has 1 aliphatic heterocycles. The first-order valence-electron chi connectivity index (χ1n) is 5.25. The molecule has 5 nitrogen and oxygen atoms in total. The molecule has 0 bridgehead atoms. The van der Waals surface area contributed by atoms with Crippen LogP contribution in [0.5, 0.6) is 0 Å². The molecule has 1 aliphatic rings. The summed E-state index contributed by atoms with van der Waals surface area (Å²) in [7, 11) is 0. The summed E-state index contributed by atoms with van der Waals surface area (Å²) in [5, 5.41) is 0. The van der Waals surface area contributed by atoms with Crippen LogP contribution in [0.25, 0.3) is 0 Å². The predicted molar refractivity (Wildman–Crippen MR) is 61.2 cm³/mol. The van der Waals surface area contributed by atoms with Crippen LogP contribution in [0.3, 0.4) is 0 Å². The van der Waals surface area contributed by atoms with Gasteiger partial charge in [0.1, 0.15) is 12.6 Å². The topological polar surface area (TPSA) is 70.8 Å². The molecule has 16 heavy (non-hydrogen) atoms. The minimum absolute atomic E-state index is 0. The van der Waals surface area contributed by atoms with Crippen molar-refractivity contribution in [3.05, 3.63) is 0 Å². The van der Waals surface area contributed by atoms with Gasteiger partial charge in [-0.1, -0.05) is 13.8 Å². The molecule has 0 saturated carbocycles. The van der Waals surface area contributed by atoms with Crippen LogP contribution in [0.4, 0.5) is 0 Å². The van der Waals surface area contributed by atoms with Crippen LogP contribution in [-0.4, -0.2) is 67.7 Å². The first kappa shape index (κ1) is 16.4. The minimum atomic E-state index is -0.593. The molecule has 1 heterocycles. The molecule has 90 valence electrons. The Bertz CT molecular complexity index is 207. The number of carbonyl (C=O) groups is 1. The van der Waals surface area contributed by atoms with E-state index in [9.17, 15) is 4.79 Å². The third kappa shape index (κ3) is 6.18. The summed E-state index contributed by atoms with van der Waals surface area (Å²) in [6.07, 6.45) is 0.0244. The Morgan fingerprint density at radius 2 is 2.19 bits per heavy atom. The average Bonchev–Trinajstić information content (AvgIpc) is 2.18. The molecule has 1 unspecified atom stereocenters. The fraction of sp³-hybridized carbons (Fsp3) is 0.900. The van der Waals surface area contributed by atoms with E-state index in [1.807, 2.05) is 13.8 Å². The van der Waals surface area contributed by atoms with Crippen molar-refractivity contribution in [2.24, 2.45) is 11.7 Å². The van der Waals surface area contributed by atoms with Gasteiger partial charge in [-0.05, 0) is 12.3 Å². The van der Waals surface area contributed by atoms with Crippen molar-refractivity contribution in [3.8, 4) is 0 Å². The molecule has 0 aromatic rings. The number of rotatable bonds is 4. The Kier molecular flexibility index (Phi) is 8.63. The molecule has 2 N–H and O–H groups in total. The van der Waals surface area contributed by atoms with Gasteiger partial charge < -0.3 is 19.9 Å². The van der Waals surface area contributed by atoms with Gasteiger partial charge in [-0.15, -0.1) is 0 Å². The second kappa shape index (κ2) is 8.44. The Balaban J connectivity index is 0.00000225. The fourth-order valence-electron chi connectivity index (χ4n) is 1.36. The van der Waals surface area contributed by atoms with E-state index in [1.165, 1.54) is 0 Å². The van der Waals surface area contributed by atoms with Crippen LogP contribution in [0, 0.1) is 5.92 Å². The van der Waals surface area contributed by atoms with E-state index in [2.05, 4.69) is 0 Å². The van der Waals surface area contributed by atoms with Gasteiger partial charge in [-0.3, -0.25) is 4.79 Å². The molecule has 0 aliphatic carbocycles. The Morgan fingerprint density at radius 3 is 2.69 bits per heavy atom. The first-order valence-corrected chi connectivity index (χ1v) is 5.25. The van der Waals surface area contributed by atoms with E-state index in [4.69, 9.17) is 19.9 Å². The molecule has 0 radical (unpaired) electrons. The zero-order valence-electron chi connectivity index (χ0n) is 9.27. The summed E-state index contributed by atoms with van der Waals surface area (Å²) < 4.78 is 15.3. The van der Waals surface area contributed by atoms with Crippen LogP contribution in [-0.2, 0) is 19.0 Å². The summed E-state index contributed by atoms with van der Waals surface area (Å²) >= 11 is 0. The van der Waals surface area contributed by atoms with Crippen LogP contribution in [0.2, 0.25) is 0 Å². The van der Waals surface area contributed by atoms with Crippen LogP contribution in [0.1, 0.15) is 20.3 Å². The maximum absolute atomic E-state index is 11.5. The molecule has 1 rings (SSSR count). The van der Waals surface area contributed by atoms with Crippen LogP contribution in [0.15, 0.2) is 0 Å². The van der Waals surface area contributed by atoms with Crippen molar-refractivity contribution in [3.63, 3.8) is 0 Å². The van der Waals surface area contributed by atoms with Gasteiger partial charge in [0.2, 0.25) is 6.29 Å². The summed E-state index contributed by atoms with van der Waals surface area (Å²) in [5.41, 5.74) is 5.66. The second-order valence-corrected chi connectivity index (χ2v) is 4.05. The van der Waals surface area contributed by atoms with Gasteiger partial charge in [0.15, 0.2) is 0 Å². The zero-order valence-corrected chi connectivity index (χ0v) is 9.27. The SMILES string of the molecule is CC(C)C[C@H](N)C(=O)OC1COCCO1.[NaH]. The van der Waals surface area contributed by atoms with Crippen LogP contribution < -0.4 is 5.73 Å². The van der Waals surface area contributed by atoms with Gasteiger partial charge in [-0.2, -0.15) is 0 Å². The Hall–Kier alpha value is 0.350. The monoisotopic (exact) mass is 241 g/mol. The molecular weight excluding hydrogens is 221 g/mol. The molecule has 0 aromatic heterocycles. The number of hydrogen-bond donors (Lipinski definition) is 1. The van der Waals surface area contributed by atoms with E-state index in [0.717, 1.165) is 0 Å². The Morgan fingerprint density at radius 1 is 1.50 bits per heavy atom. The number of nitrogens with two attached hydrogens (primary N) is 1. The molecule has 2 atom stereocenters. The van der Waals surface area contributed by atoms with Gasteiger partial charge in [0.25, 0.3) is 0 Å². The summed E-state index contributed by atoms with van der Waals surface area (Å²) in [6, 6.07) is -0.574. The van der Waals surface area contributed by atoms with Crippen molar-refractivity contribution >= 4 is 35.5 Å². The Labute approximate surface area is 118 Å². The first-order chi connectivity index (χ1) is 7.09. The van der Waals surface area contributed by atoms with Gasteiger partial charge >= 0.3 is 35.5 Å². The molecule has 1 fully saturated rings. The fourth-order valence-corrected chi connectivity index (χ4v) is 1.36. The molecule has 0 aromatic carbocycles. The molecule has 1 saturated heterocycles. The number of ether oxygens (including phenoxy) is 3. The third-order valence-electron chi connectivity index (χ3n) is 2.06. The van der Waals surface area contributed by atoms with Crippen molar-refractivity contribution in [2.75, 3.05) is 19.8 Å². The third-order valence-corrected chi connectivity index (χ3v) is 2.06. The number of hydrogen-bond acceptors (Lipinski definition) is 5. The normalized spacial score (nSPS) is 22.4. The van der Waals surface area contributed by atoms with Crippen molar-refractivity contribution in [1.29, 1.82) is 0 Å². The standard InChI is InChI=1S/C10H19NO4.Na.H/c1-7(2)5-8(11)10(12)15-9-6-13-3-4-14-9;;/h7-9H,3-6,11H2,1-2H3;;/t8-,9?;;/m0../s1. The van der Waals surface area contributed by atoms with Gasteiger partial charge in [-0.25, -0.2) is 0 Å². The van der Waals surface area contributed by atoms with E-state index >= 15 is 0 Å². The van der Waals surface area contributed by atoms with Crippen LogP contribution >= 0.6 is 0 Å². The zero-order chi connectivity index (χ0) is 11.3. The number of carbonyl (C=O) groups excluding carboxylic acids is 1. The van der Waals surface area contributed by atoms with Crippen molar-refractivity contribution < 1.29 is 19.0 Å². The van der Waals surface area contributed by atoms with Gasteiger partial charge in [0, 0.05) is 0 Å². The van der Waals surface area contributed by atoms with Gasteiger partial charge in [0.05, 0.1) is 13.2 Å².